The van der Waals surface area contributed by atoms with Crippen LogP contribution in [0.5, 0.6) is 0 Å². The Hall–Kier alpha value is -0.870. The van der Waals surface area contributed by atoms with Gasteiger partial charge < -0.3 is 4.90 Å². The third kappa shape index (κ3) is 2.93. The highest BCUT2D eigenvalue weighted by atomic mass is 35.5. The smallest absolute Gasteiger partial charge is 0.224 e. The highest BCUT2D eigenvalue weighted by molar-refractivity contribution is 6.28. The van der Waals surface area contributed by atoms with E-state index >= 15 is 0 Å². The molecule has 100 valence electrons. The van der Waals surface area contributed by atoms with Gasteiger partial charge in [0.1, 0.15) is 5.82 Å². The normalized spacial score (nSPS) is 18.2. The lowest BCUT2D eigenvalue weighted by atomic mass is 10.0. The van der Waals surface area contributed by atoms with Crippen LogP contribution in [0.2, 0.25) is 5.28 Å². The number of hydrogen-bond donors (Lipinski definition) is 0. The quantitative estimate of drug-likeness (QED) is 0.732. The summed E-state index contributed by atoms with van der Waals surface area (Å²) >= 11 is 5.88. The monoisotopic (exact) mass is 268 g/mol. The molecule has 2 rings (SSSR count). The minimum absolute atomic E-state index is 0.241. The summed E-state index contributed by atoms with van der Waals surface area (Å²) in [6.07, 6.45) is 1.79. The standard InChI is InChI=1S/C13H21ClN4/c1-10-9-15-12(14)16-11(10)17-5-7-18(8-6-17)13(2,3)4/h9H,5-8H2,1-4H3. The number of anilines is 1. The van der Waals surface area contributed by atoms with Gasteiger partial charge in [-0.25, -0.2) is 9.97 Å². The molecule has 0 unspecified atom stereocenters. The van der Waals surface area contributed by atoms with Gasteiger partial charge >= 0.3 is 0 Å². The predicted octanol–water partition coefficient (Wildman–Crippen LogP) is 2.36. The van der Waals surface area contributed by atoms with E-state index in [9.17, 15) is 0 Å². The molecule has 4 nitrogen and oxygen atoms in total. The lowest BCUT2D eigenvalue weighted by Crippen LogP contribution is -2.53. The minimum Gasteiger partial charge on any atom is -0.354 e. The van der Waals surface area contributed by atoms with E-state index in [1.807, 2.05) is 6.92 Å². The topological polar surface area (TPSA) is 32.3 Å². The van der Waals surface area contributed by atoms with Crippen molar-refractivity contribution in [2.75, 3.05) is 31.1 Å². The maximum Gasteiger partial charge on any atom is 0.224 e. The second kappa shape index (κ2) is 5.02. The second-order valence-corrected chi connectivity index (χ2v) is 6.13. The van der Waals surface area contributed by atoms with Crippen molar-refractivity contribution in [3.63, 3.8) is 0 Å². The molecule has 0 N–H and O–H groups in total. The molecule has 0 spiro atoms. The summed E-state index contributed by atoms with van der Waals surface area (Å²) in [4.78, 5) is 13.1. The van der Waals surface area contributed by atoms with Crippen molar-refractivity contribution < 1.29 is 0 Å². The van der Waals surface area contributed by atoms with Crippen LogP contribution in [0.15, 0.2) is 6.20 Å². The molecular formula is C13H21ClN4. The molecule has 0 saturated carbocycles. The van der Waals surface area contributed by atoms with Crippen molar-refractivity contribution in [3.05, 3.63) is 17.0 Å². The summed E-state index contributed by atoms with van der Waals surface area (Å²) in [5.41, 5.74) is 1.33. The number of rotatable bonds is 1. The molecule has 2 heterocycles. The molecule has 1 saturated heterocycles. The Labute approximate surface area is 114 Å². The zero-order chi connectivity index (χ0) is 13.3. The van der Waals surface area contributed by atoms with Gasteiger partial charge in [0.15, 0.2) is 0 Å². The van der Waals surface area contributed by atoms with Crippen molar-refractivity contribution in [2.45, 2.75) is 33.2 Å². The van der Waals surface area contributed by atoms with Gasteiger partial charge in [0, 0.05) is 43.5 Å². The number of aromatic nitrogens is 2. The van der Waals surface area contributed by atoms with Gasteiger partial charge in [-0.3, -0.25) is 4.90 Å². The fraction of sp³-hybridized carbons (Fsp3) is 0.692. The second-order valence-electron chi connectivity index (χ2n) is 5.79. The molecule has 1 aliphatic rings. The van der Waals surface area contributed by atoms with Crippen LogP contribution in [0.4, 0.5) is 5.82 Å². The number of nitrogens with zero attached hydrogens (tertiary/aromatic N) is 4. The fourth-order valence-electron chi connectivity index (χ4n) is 2.32. The lowest BCUT2D eigenvalue weighted by Gasteiger charge is -2.42. The summed E-state index contributed by atoms with van der Waals surface area (Å²) in [5.74, 6) is 0.976. The van der Waals surface area contributed by atoms with Gasteiger partial charge in [-0.05, 0) is 39.3 Å². The molecule has 0 bridgehead atoms. The van der Waals surface area contributed by atoms with Crippen LogP contribution in [0.1, 0.15) is 26.3 Å². The Balaban J connectivity index is 2.08. The van der Waals surface area contributed by atoms with Crippen LogP contribution in [0, 0.1) is 6.92 Å². The van der Waals surface area contributed by atoms with Crippen LogP contribution >= 0.6 is 11.6 Å². The Kier molecular flexibility index (Phi) is 3.78. The Morgan fingerprint density at radius 3 is 2.33 bits per heavy atom. The van der Waals surface area contributed by atoms with Crippen molar-refractivity contribution in [1.29, 1.82) is 0 Å². The first-order chi connectivity index (χ1) is 8.38. The predicted molar refractivity (Wildman–Crippen MR) is 75.3 cm³/mol. The highest BCUT2D eigenvalue weighted by Crippen LogP contribution is 2.22. The molecule has 0 aliphatic carbocycles. The minimum atomic E-state index is 0.241. The summed E-state index contributed by atoms with van der Waals surface area (Å²) in [5, 5.41) is 0.328. The van der Waals surface area contributed by atoms with E-state index in [-0.39, 0.29) is 5.54 Å². The van der Waals surface area contributed by atoms with E-state index < -0.39 is 0 Å². The van der Waals surface area contributed by atoms with Crippen molar-refractivity contribution in [1.82, 2.24) is 14.9 Å². The summed E-state index contributed by atoms with van der Waals surface area (Å²) in [6.45, 7) is 12.9. The van der Waals surface area contributed by atoms with Gasteiger partial charge in [-0.2, -0.15) is 0 Å². The number of aryl methyl sites for hydroxylation is 1. The van der Waals surface area contributed by atoms with Crippen molar-refractivity contribution in [2.24, 2.45) is 0 Å². The van der Waals surface area contributed by atoms with Gasteiger partial charge in [-0.15, -0.1) is 0 Å². The zero-order valence-corrected chi connectivity index (χ0v) is 12.3. The first-order valence-electron chi connectivity index (χ1n) is 6.37. The number of halogens is 1. The average Bonchev–Trinajstić information content (AvgIpc) is 2.31. The van der Waals surface area contributed by atoms with E-state index in [2.05, 4.69) is 40.5 Å². The van der Waals surface area contributed by atoms with E-state index in [4.69, 9.17) is 11.6 Å². The molecule has 0 aromatic carbocycles. The van der Waals surface area contributed by atoms with E-state index in [1.54, 1.807) is 6.20 Å². The van der Waals surface area contributed by atoms with Crippen LogP contribution in [0.25, 0.3) is 0 Å². The van der Waals surface area contributed by atoms with Crippen molar-refractivity contribution in [3.8, 4) is 0 Å². The van der Waals surface area contributed by atoms with Gasteiger partial charge in [0.05, 0.1) is 0 Å². The fourth-order valence-corrected chi connectivity index (χ4v) is 2.45. The average molecular weight is 269 g/mol. The molecule has 1 fully saturated rings. The highest BCUT2D eigenvalue weighted by Gasteiger charge is 2.26. The largest absolute Gasteiger partial charge is 0.354 e. The number of hydrogen-bond acceptors (Lipinski definition) is 4. The summed E-state index contributed by atoms with van der Waals surface area (Å²) in [7, 11) is 0. The van der Waals surface area contributed by atoms with E-state index in [0.717, 1.165) is 37.6 Å². The van der Waals surface area contributed by atoms with Crippen LogP contribution in [-0.2, 0) is 0 Å². The maximum atomic E-state index is 5.88. The van der Waals surface area contributed by atoms with Gasteiger partial charge in [0.25, 0.3) is 0 Å². The zero-order valence-electron chi connectivity index (χ0n) is 11.6. The van der Waals surface area contributed by atoms with Crippen LogP contribution in [0.3, 0.4) is 0 Å². The molecule has 0 amide bonds. The SMILES string of the molecule is Cc1cnc(Cl)nc1N1CCN(C(C)(C)C)CC1. The molecule has 1 aromatic rings. The third-order valence-corrected chi connectivity index (χ3v) is 3.63. The van der Waals surface area contributed by atoms with Gasteiger partial charge in [0.2, 0.25) is 5.28 Å². The molecule has 5 heteroatoms. The molecule has 1 aliphatic heterocycles. The van der Waals surface area contributed by atoms with Crippen LogP contribution < -0.4 is 4.90 Å². The van der Waals surface area contributed by atoms with Gasteiger partial charge in [-0.1, -0.05) is 0 Å². The molecular weight excluding hydrogens is 248 g/mol. The summed E-state index contributed by atoms with van der Waals surface area (Å²) in [6, 6.07) is 0. The van der Waals surface area contributed by atoms with Crippen molar-refractivity contribution >= 4 is 17.4 Å². The maximum absolute atomic E-state index is 5.88. The lowest BCUT2D eigenvalue weighted by molar-refractivity contribution is 0.128. The molecule has 1 aromatic heterocycles. The first kappa shape index (κ1) is 13.6. The third-order valence-electron chi connectivity index (χ3n) is 3.44. The molecule has 0 atom stereocenters. The van der Waals surface area contributed by atoms with E-state index in [0.29, 0.717) is 5.28 Å². The molecule has 18 heavy (non-hydrogen) atoms. The van der Waals surface area contributed by atoms with E-state index in [1.165, 1.54) is 0 Å². The Bertz CT molecular complexity index is 419. The molecule has 0 radical (unpaired) electrons. The summed E-state index contributed by atoms with van der Waals surface area (Å²) < 4.78 is 0. The first-order valence-corrected chi connectivity index (χ1v) is 6.75. The van der Waals surface area contributed by atoms with Crippen LogP contribution in [-0.4, -0.2) is 46.6 Å². The Morgan fingerprint density at radius 1 is 1.17 bits per heavy atom. The Morgan fingerprint density at radius 2 is 1.78 bits per heavy atom. The number of piperazine rings is 1.